The van der Waals surface area contributed by atoms with E-state index in [2.05, 4.69) is 0 Å². The van der Waals surface area contributed by atoms with Crippen molar-refractivity contribution in [1.82, 2.24) is 0 Å². The largest absolute Gasteiger partial charge is 0.392 e. The molecule has 0 aromatic heterocycles. The molecule has 1 N–H and O–H groups in total. The smallest absolute Gasteiger partial charge is 0.0635 e. The van der Waals surface area contributed by atoms with Gasteiger partial charge >= 0.3 is 0 Å². The molecule has 0 fully saturated rings. The van der Waals surface area contributed by atoms with Crippen LogP contribution in [0.4, 0.5) is 0 Å². The third-order valence-electron chi connectivity index (χ3n) is 2.12. The van der Waals surface area contributed by atoms with E-state index in [1.807, 2.05) is 24.3 Å². The van der Waals surface area contributed by atoms with Crippen molar-refractivity contribution in [2.24, 2.45) is 0 Å². The standard InChI is InChI=1S/C12H17ClO2S/c1-15-7-3-5-11(14)9-16-12-6-2-4-10(13)8-12/h2,4,6,8,11,14H,3,5,7,9H2,1H3. The van der Waals surface area contributed by atoms with E-state index < -0.39 is 0 Å². The molecule has 0 saturated carbocycles. The second-order valence-electron chi connectivity index (χ2n) is 3.56. The zero-order valence-electron chi connectivity index (χ0n) is 9.36. The van der Waals surface area contributed by atoms with Gasteiger partial charge in [0.05, 0.1) is 6.10 Å². The van der Waals surface area contributed by atoms with E-state index in [0.717, 1.165) is 22.8 Å². The SMILES string of the molecule is COCCCC(O)CSc1cccc(Cl)c1. The molecule has 0 aliphatic rings. The maximum atomic E-state index is 9.70. The molecular weight excluding hydrogens is 244 g/mol. The minimum absolute atomic E-state index is 0.279. The van der Waals surface area contributed by atoms with Crippen molar-refractivity contribution in [1.29, 1.82) is 0 Å². The summed E-state index contributed by atoms with van der Waals surface area (Å²) in [5, 5.41) is 10.4. The zero-order valence-corrected chi connectivity index (χ0v) is 10.9. The Morgan fingerprint density at radius 3 is 3.00 bits per heavy atom. The zero-order chi connectivity index (χ0) is 11.8. The van der Waals surface area contributed by atoms with Crippen LogP contribution >= 0.6 is 23.4 Å². The van der Waals surface area contributed by atoms with E-state index in [0.29, 0.717) is 12.4 Å². The van der Waals surface area contributed by atoms with Crippen LogP contribution in [-0.2, 0) is 4.74 Å². The van der Waals surface area contributed by atoms with Crippen LogP contribution in [0.5, 0.6) is 0 Å². The number of hydrogen-bond acceptors (Lipinski definition) is 3. The Balaban J connectivity index is 2.23. The third-order valence-corrected chi connectivity index (χ3v) is 3.50. The summed E-state index contributed by atoms with van der Waals surface area (Å²) < 4.78 is 4.94. The monoisotopic (exact) mass is 260 g/mol. The van der Waals surface area contributed by atoms with Crippen LogP contribution in [-0.4, -0.2) is 30.7 Å². The Labute approximate surface area is 106 Å². The number of thioether (sulfide) groups is 1. The van der Waals surface area contributed by atoms with Gasteiger partial charge in [-0.15, -0.1) is 11.8 Å². The molecule has 0 spiro atoms. The minimum Gasteiger partial charge on any atom is -0.392 e. The molecule has 0 heterocycles. The van der Waals surface area contributed by atoms with Gasteiger partial charge in [-0.1, -0.05) is 17.7 Å². The highest BCUT2D eigenvalue weighted by Crippen LogP contribution is 2.22. The van der Waals surface area contributed by atoms with Crippen LogP contribution in [0.2, 0.25) is 5.02 Å². The maximum Gasteiger partial charge on any atom is 0.0635 e. The number of hydrogen-bond donors (Lipinski definition) is 1. The average Bonchev–Trinajstić information content (AvgIpc) is 2.27. The van der Waals surface area contributed by atoms with Gasteiger partial charge in [-0.3, -0.25) is 0 Å². The van der Waals surface area contributed by atoms with E-state index in [-0.39, 0.29) is 6.10 Å². The Morgan fingerprint density at radius 2 is 2.31 bits per heavy atom. The second-order valence-corrected chi connectivity index (χ2v) is 5.09. The predicted octanol–water partition coefficient (Wildman–Crippen LogP) is 3.22. The summed E-state index contributed by atoms with van der Waals surface area (Å²) in [6.45, 7) is 0.707. The number of halogens is 1. The maximum absolute atomic E-state index is 9.70. The quantitative estimate of drug-likeness (QED) is 0.603. The lowest BCUT2D eigenvalue weighted by Gasteiger charge is -2.09. The van der Waals surface area contributed by atoms with E-state index >= 15 is 0 Å². The topological polar surface area (TPSA) is 29.5 Å². The summed E-state index contributed by atoms with van der Waals surface area (Å²) in [6.07, 6.45) is 1.40. The highest BCUT2D eigenvalue weighted by Gasteiger charge is 2.05. The number of methoxy groups -OCH3 is 1. The van der Waals surface area contributed by atoms with Gasteiger partial charge in [0.2, 0.25) is 0 Å². The van der Waals surface area contributed by atoms with Crippen molar-refractivity contribution in [3.05, 3.63) is 29.3 Å². The fraction of sp³-hybridized carbons (Fsp3) is 0.500. The first-order chi connectivity index (χ1) is 7.72. The normalized spacial score (nSPS) is 12.7. The molecule has 0 bridgehead atoms. The predicted molar refractivity (Wildman–Crippen MR) is 69.3 cm³/mol. The minimum atomic E-state index is -0.279. The highest BCUT2D eigenvalue weighted by molar-refractivity contribution is 7.99. The van der Waals surface area contributed by atoms with Gasteiger partial charge in [-0.25, -0.2) is 0 Å². The number of rotatable bonds is 7. The first kappa shape index (κ1) is 13.8. The lowest BCUT2D eigenvalue weighted by molar-refractivity contribution is 0.149. The molecule has 0 aliphatic heterocycles. The van der Waals surface area contributed by atoms with Crippen LogP contribution in [0, 0.1) is 0 Å². The lowest BCUT2D eigenvalue weighted by Crippen LogP contribution is -2.10. The van der Waals surface area contributed by atoms with Crippen molar-refractivity contribution in [3.8, 4) is 0 Å². The Kier molecular flexibility index (Phi) is 6.88. The van der Waals surface area contributed by atoms with Gasteiger partial charge in [-0.05, 0) is 31.0 Å². The Bertz CT molecular complexity index is 307. The first-order valence-electron chi connectivity index (χ1n) is 5.27. The van der Waals surface area contributed by atoms with Crippen LogP contribution in [0.3, 0.4) is 0 Å². The molecule has 1 aromatic rings. The highest BCUT2D eigenvalue weighted by atomic mass is 35.5. The van der Waals surface area contributed by atoms with Crippen molar-refractivity contribution < 1.29 is 9.84 Å². The molecule has 90 valence electrons. The lowest BCUT2D eigenvalue weighted by atomic mass is 10.2. The molecule has 2 nitrogen and oxygen atoms in total. The van der Waals surface area contributed by atoms with Crippen LogP contribution in [0.1, 0.15) is 12.8 Å². The van der Waals surface area contributed by atoms with E-state index in [4.69, 9.17) is 16.3 Å². The first-order valence-corrected chi connectivity index (χ1v) is 6.64. The van der Waals surface area contributed by atoms with Gasteiger partial charge in [0.15, 0.2) is 0 Å². The molecule has 1 unspecified atom stereocenters. The van der Waals surface area contributed by atoms with Gasteiger partial charge in [-0.2, -0.15) is 0 Å². The van der Waals surface area contributed by atoms with Crippen LogP contribution < -0.4 is 0 Å². The fourth-order valence-corrected chi connectivity index (χ4v) is 2.49. The third kappa shape index (κ3) is 5.75. The van der Waals surface area contributed by atoms with Gasteiger partial charge < -0.3 is 9.84 Å². The second kappa shape index (κ2) is 7.96. The summed E-state index contributed by atoms with van der Waals surface area (Å²) in [5.41, 5.74) is 0. The molecule has 1 aromatic carbocycles. The molecule has 0 aliphatic carbocycles. The van der Waals surface area contributed by atoms with E-state index in [1.165, 1.54) is 0 Å². The van der Waals surface area contributed by atoms with E-state index in [9.17, 15) is 5.11 Å². The fourth-order valence-electron chi connectivity index (χ4n) is 1.30. The number of aliphatic hydroxyl groups excluding tert-OH is 1. The molecule has 0 amide bonds. The van der Waals surface area contributed by atoms with Crippen molar-refractivity contribution in [3.63, 3.8) is 0 Å². The molecule has 1 rings (SSSR count). The Hall–Kier alpha value is -0.220. The number of aliphatic hydroxyl groups is 1. The summed E-state index contributed by atoms with van der Waals surface area (Å²) in [5.74, 6) is 0.698. The van der Waals surface area contributed by atoms with Gasteiger partial charge in [0.25, 0.3) is 0 Å². The number of benzene rings is 1. The van der Waals surface area contributed by atoms with E-state index in [1.54, 1.807) is 18.9 Å². The summed E-state index contributed by atoms with van der Waals surface area (Å²) >= 11 is 7.50. The van der Waals surface area contributed by atoms with Crippen LogP contribution in [0.25, 0.3) is 0 Å². The number of ether oxygens (including phenoxy) is 1. The van der Waals surface area contributed by atoms with Crippen molar-refractivity contribution >= 4 is 23.4 Å². The summed E-state index contributed by atoms with van der Waals surface area (Å²) in [7, 11) is 1.67. The molecule has 16 heavy (non-hydrogen) atoms. The van der Waals surface area contributed by atoms with Crippen molar-refractivity contribution in [2.75, 3.05) is 19.5 Å². The van der Waals surface area contributed by atoms with Crippen molar-refractivity contribution in [2.45, 2.75) is 23.8 Å². The molecular formula is C12H17ClO2S. The van der Waals surface area contributed by atoms with Crippen LogP contribution in [0.15, 0.2) is 29.2 Å². The molecule has 4 heteroatoms. The average molecular weight is 261 g/mol. The Morgan fingerprint density at radius 1 is 1.50 bits per heavy atom. The van der Waals surface area contributed by atoms with Gasteiger partial charge in [0.1, 0.15) is 0 Å². The summed E-state index contributed by atoms with van der Waals surface area (Å²) in [4.78, 5) is 1.10. The molecule has 0 radical (unpaired) electrons. The van der Waals surface area contributed by atoms with Gasteiger partial charge in [0, 0.05) is 29.4 Å². The molecule has 1 atom stereocenters. The summed E-state index contributed by atoms with van der Waals surface area (Å²) in [6, 6.07) is 7.68. The molecule has 0 saturated heterocycles.